The van der Waals surface area contributed by atoms with Gasteiger partial charge < -0.3 is 11.1 Å². The van der Waals surface area contributed by atoms with Crippen LogP contribution in [0.5, 0.6) is 0 Å². The zero-order chi connectivity index (χ0) is 19.5. The second-order valence-electron chi connectivity index (χ2n) is 9.64. The van der Waals surface area contributed by atoms with E-state index in [1.54, 1.807) is 0 Å². The van der Waals surface area contributed by atoms with E-state index in [1.807, 2.05) is 0 Å². The molecule has 3 N–H and O–H groups in total. The summed E-state index contributed by atoms with van der Waals surface area (Å²) >= 11 is 0. The minimum absolute atomic E-state index is 0.201. The lowest BCUT2D eigenvalue weighted by molar-refractivity contribution is -0.127. The van der Waals surface area contributed by atoms with E-state index >= 15 is 0 Å². The van der Waals surface area contributed by atoms with Crippen molar-refractivity contribution in [1.29, 1.82) is 0 Å². The molecule has 2 aliphatic carbocycles. The summed E-state index contributed by atoms with van der Waals surface area (Å²) in [5.41, 5.74) is 7.77. The number of carbonyl (C=O) groups is 1. The third-order valence-electron chi connectivity index (χ3n) is 7.65. The lowest BCUT2D eigenvalue weighted by Crippen LogP contribution is -2.49. The van der Waals surface area contributed by atoms with Gasteiger partial charge in [-0.3, -0.25) is 9.69 Å². The van der Waals surface area contributed by atoms with Gasteiger partial charge >= 0.3 is 0 Å². The standard InChI is InChI=1S/C24H37N3O/c1-17-12-19(16-27(17)15-18-6-3-2-4-7-18)10-11-26-24(28)22-13-20-8-5-9-21(14-22)23(20)25/h2-4,6-7,17,19-23H,5,8-16,25H2,1H3,(H,26,28). The number of hydrogen-bond donors (Lipinski definition) is 2. The quantitative estimate of drug-likeness (QED) is 0.790. The van der Waals surface area contributed by atoms with E-state index in [4.69, 9.17) is 5.73 Å². The van der Waals surface area contributed by atoms with Crippen LogP contribution in [0.15, 0.2) is 30.3 Å². The zero-order valence-electron chi connectivity index (χ0n) is 17.4. The normalized spacial score (nSPS) is 35.6. The van der Waals surface area contributed by atoms with E-state index in [9.17, 15) is 4.79 Å². The Morgan fingerprint density at radius 2 is 1.86 bits per heavy atom. The molecule has 4 heteroatoms. The number of likely N-dealkylation sites (tertiary alicyclic amines) is 1. The first-order valence-electron chi connectivity index (χ1n) is 11.4. The first kappa shape index (κ1) is 19.9. The van der Waals surface area contributed by atoms with Crippen LogP contribution in [0.1, 0.15) is 57.4 Å². The van der Waals surface area contributed by atoms with Crippen LogP contribution in [0, 0.1) is 23.7 Å². The van der Waals surface area contributed by atoms with Crippen molar-refractivity contribution < 1.29 is 4.79 Å². The van der Waals surface area contributed by atoms with Crippen LogP contribution < -0.4 is 11.1 Å². The minimum atomic E-state index is 0.201. The van der Waals surface area contributed by atoms with Crippen LogP contribution in [0.3, 0.4) is 0 Å². The first-order valence-corrected chi connectivity index (χ1v) is 11.4. The lowest BCUT2D eigenvalue weighted by Gasteiger charge is -2.43. The van der Waals surface area contributed by atoms with Crippen LogP contribution in [-0.2, 0) is 11.3 Å². The average molecular weight is 384 g/mol. The van der Waals surface area contributed by atoms with Crippen molar-refractivity contribution in [3.05, 3.63) is 35.9 Å². The summed E-state index contributed by atoms with van der Waals surface area (Å²) in [5, 5.41) is 3.26. The van der Waals surface area contributed by atoms with Crippen molar-refractivity contribution >= 4 is 5.91 Å². The van der Waals surface area contributed by atoms with Gasteiger partial charge in [-0.2, -0.15) is 0 Å². The van der Waals surface area contributed by atoms with Gasteiger partial charge in [-0.15, -0.1) is 0 Å². The predicted molar refractivity (Wildman–Crippen MR) is 114 cm³/mol. The number of carbonyl (C=O) groups excluding carboxylic acids is 1. The molecule has 0 spiro atoms. The van der Waals surface area contributed by atoms with Crippen molar-refractivity contribution in [1.82, 2.24) is 10.2 Å². The predicted octanol–water partition coefficient (Wildman–Crippen LogP) is 3.56. The Kier molecular flexibility index (Phi) is 6.37. The SMILES string of the molecule is CC1CC(CCNC(=O)C2CC3CCCC(C2)C3N)CN1Cc1ccccc1. The smallest absolute Gasteiger partial charge is 0.223 e. The monoisotopic (exact) mass is 383 g/mol. The highest BCUT2D eigenvalue weighted by molar-refractivity contribution is 5.78. The summed E-state index contributed by atoms with van der Waals surface area (Å²) in [5.74, 6) is 2.33. The van der Waals surface area contributed by atoms with Crippen molar-refractivity contribution in [2.45, 2.75) is 70.5 Å². The van der Waals surface area contributed by atoms with Gasteiger partial charge in [0.05, 0.1) is 0 Å². The summed E-state index contributed by atoms with van der Waals surface area (Å²) in [4.78, 5) is 15.3. The third kappa shape index (κ3) is 4.60. The fraction of sp³-hybridized carbons (Fsp3) is 0.708. The Bertz CT molecular complexity index is 635. The molecule has 1 aromatic rings. The molecule has 154 valence electrons. The van der Waals surface area contributed by atoms with Gasteiger partial charge in [0.2, 0.25) is 5.91 Å². The number of rotatable bonds is 6. The molecule has 1 aliphatic heterocycles. The van der Waals surface area contributed by atoms with Gasteiger partial charge in [0, 0.05) is 37.6 Å². The van der Waals surface area contributed by atoms with E-state index in [0.29, 0.717) is 29.8 Å². The molecule has 4 rings (SSSR count). The Labute approximate surface area is 170 Å². The molecular weight excluding hydrogens is 346 g/mol. The molecule has 1 aromatic carbocycles. The van der Waals surface area contributed by atoms with E-state index in [-0.39, 0.29) is 11.8 Å². The maximum Gasteiger partial charge on any atom is 0.223 e. The van der Waals surface area contributed by atoms with Gasteiger partial charge in [0.25, 0.3) is 0 Å². The zero-order valence-corrected chi connectivity index (χ0v) is 17.4. The highest BCUT2D eigenvalue weighted by atomic mass is 16.1. The maximum atomic E-state index is 12.7. The van der Waals surface area contributed by atoms with Gasteiger partial charge in [-0.05, 0) is 68.8 Å². The third-order valence-corrected chi connectivity index (χ3v) is 7.65. The topological polar surface area (TPSA) is 58.4 Å². The summed E-state index contributed by atoms with van der Waals surface area (Å²) < 4.78 is 0. The van der Waals surface area contributed by atoms with Gasteiger partial charge in [-0.25, -0.2) is 0 Å². The van der Waals surface area contributed by atoms with E-state index in [0.717, 1.165) is 38.9 Å². The van der Waals surface area contributed by atoms with E-state index < -0.39 is 0 Å². The van der Waals surface area contributed by atoms with Crippen molar-refractivity contribution in [3.8, 4) is 0 Å². The van der Waals surface area contributed by atoms with Gasteiger partial charge in [0.15, 0.2) is 0 Å². The van der Waals surface area contributed by atoms with Gasteiger partial charge in [0.1, 0.15) is 0 Å². The molecule has 1 heterocycles. The highest BCUT2D eigenvalue weighted by Crippen LogP contribution is 2.41. The van der Waals surface area contributed by atoms with Crippen LogP contribution in [-0.4, -0.2) is 36.0 Å². The van der Waals surface area contributed by atoms with E-state index in [1.165, 1.54) is 31.2 Å². The minimum Gasteiger partial charge on any atom is -0.356 e. The molecule has 4 unspecified atom stereocenters. The van der Waals surface area contributed by atoms with E-state index in [2.05, 4.69) is 47.5 Å². The summed E-state index contributed by atoms with van der Waals surface area (Å²) in [7, 11) is 0. The van der Waals surface area contributed by atoms with Crippen molar-refractivity contribution in [2.75, 3.05) is 13.1 Å². The maximum absolute atomic E-state index is 12.7. The second-order valence-corrected chi connectivity index (χ2v) is 9.64. The molecule has 0 radical (unpaired) electrons. The Morgan fingerprint density at radius 3 is 2.57 bits per heavy atom. The van der Waals surface area contributed by atoms with Gasteiger partial charge in [-0.1, -0.05) is 36.8 Å². The number of fused-ring (bicyclic) bond motifs is 2. The first-order chi connectivity index (χ1) is 13.6. The fourth-order valence-electron chi connectivity index (χ4n) is 6.01. The number of nitrogens with zero attached hydrogens (tertiary/aromatic N) is 1. The van der Waals surface area contributed by atoms with Crippen LogP contribution in [0.4, 0.5) is 0 Å². The molecule has 2 saturated carbocycles. The summed E-state index contributed by atoms with van der Waals surface area (Å²) in [6, 6.07) is 11.7. The van der Waals surface area contributed by atoms with Crippen LogP contribution in [0.25, 0.3) is 0 Å². The molecule has 28 heavy (non-hydrogen) atoms. The summed E-state index contributed by atoms with van der Waals surface area (Å²) in [6.45, 7) is 5.35. The molecule has 3 fully saturated rings. The summed E-state index contributed by atoms with van der Waals surface area (Å²) in [6.07, 6.45) is 8.10. The number of hydrogen-bond acceptors (Lipinski definition) is 3. The molecule has 4 atom stereocenters. The Balaban J connectivity index is 1.20. The Hall–Kier alpha value is -1.39. The number of benzene rings is 1. The van der Waals surface area contributed by atoms with Crippen LogP contribution in [0.2, 0.25) is 0 Å². The Morgan fingerprint density at radius 1 is 1.14 bits per heavy atom. The largest absolute Gasteiger partial charge is 0.356 e. The highest BCUT2D eigenvalue weighted by Gasteiger charge is 2.40. The molecular formula is C24H37N3O. The van der Waals surface area contributed by atoms with Crippen molar-refractivity contribution in [3.63, 3.8) is 0 Å². The average Bonchev–Trinajstić information content (AvgIpc) is 3.01. The number of nitrogens with one attached hydrogen (secondary N) is 1. The number of nitrogens with two attached hydrogens (primary N) is 1. The molecule has 2 bridgehead atoms. The van der Waals surface area contributed by atoms with Crippen LogP contribution >= 0.6 is 0 Å². The second kappa shape index (κ2) is 8.96. The lowest BCUT2D eigenvalue weighted by atomic mass is 9.65. The molecule has 3 aliphatic rings. The number of amides is 1. The van der Waals surface area contributed by atoms with Crippen molar-refractivity contribution in [2.24, 2.45) is 29.4 Å². The molecule has 1 amide bonds. The molecule has 1 saturated heterocycles. The fourth-order valence-corrected chi connectivity index (χ4v) is 6.01. The molecule has 4 nitrogen and oxygen atoms in total. The molecule has 0 aromatic heterocycles.